The van der Waals surface area contributed by atoms with Crippen molar-refractivity contribution in [2.45, 2.75) is 45.8 Å². The first kappa shape index (κ1) is 22.1. The number of nitrogens with zero attached hydrogens (tertiary/aromatic N) is 3. The standard InChI is InChI=1S/C20H20Cl2FN3O4/c1-5-14(15-11(21)8-9-12(23)16(15)22)30-26-13-7-6-10-24-17(13)25(18(26)27)19(28)29-20(2,3)4/h6-10,14H,5H2,1-4H3. The number of halogens is 3. The average Bonchev–Trinajstić information content (AvgIpc) is 2.94. The van der Waals surface area contributed by atoms with Crippen molar-refractivity contribution < 1.29 is 18.8 Å². The second-order valence-electron chi connectivity index (χ2n) is 7.50. The zero-order valence-electron chi connectivity index (χ0n) is 16.8. The number of pyridine rings is 1. The molecule has 2 heterocycles. The van der Waals surface area contributed by atoms with Crippen molar-refractivity contribution in [3.8, 4) is 0 Å². The van der Waals surface area contributed by atoms with Crippen LogP contribution in [-0.4, -0.2) is 26.0 Å². The molecule has 10 heteroatoms. The maximum absolute atomic E-state index is 14.0. The second-order valence-corrected chi connectivity index (χ2v) is 8.28. The first-order valence-corrected chi connectivity index (χ1v) is 9.93. The highest BCUT2D eigenvalue weighted by atomic mass is 35.5. The van der Waals surface area contributed by atoms with Gasteiger partial charge in [0.1, 0.15) is 16.9 Å². The van der Waals surface area contributed by atoms with E-state index >= 15 is 0 Å². The molecule has 0 aliphatic carbocycles. The Balaban J connectivity index is 2.13. The van der Waals surface area contributed by atoms with E-state index in [2.05, 4.69) is 4.98 Å². The number of fused-ring (bicyclic) bond motifs is 1. The number of rotatable bonds is 4. The van der Waals surface area contributed by atoms with Gasteiger partial charge < -0.3 is 9.57 Å². The SMILES string of the molecule is CCC(On1c(=O)n(C(=O)OC(C)(C)C)c2ncccc21)c1c(Cl)ccc(F)c1Cl. The fourth-order valence-electron chi connectivity index (χ4n) is 2.87. The van der Waals surface area contributed by atoms with E-state index in [9.17, 15) is 14.0 Å². The Labute approximate surface area is 181 Å². The third kappa shape index (κ3) is 4.15. The van der Waals surface area contributed by atoms with Crippen molar-refractivity contribution in [3.63, 3.8) is 0 Å². The minimum Gasteiger partial charge on any atom is -0.443 e. The predicted molar refractivity (Wildman–Crippen MR) is 112 cm³/mol. The number of carbonyl (C=O) groups excluding carboxylic acids is 1. The van der Waals surface area contributed by atoms with E-state index < -0.39 is 29.3 Å². The topological polar surface area (TPSA) is 75.3 Å². The highest BCUT2D eigenvalue weighted by Crippen LogP contribution is 2.34. The predicted octanol–water partition coefficient (Wildman–Crippen LogP) is 5.01. The Hall–Kier alpha value is -2.58. The molecule has 160 valence electrons. The number of ether oxygens (including phenoxy) is 1. The van der Waals surface area contributed by atoms with Crippen LogP contribution in [0.2, 0.25) is 10.0 Å². The van der Waals surface area contributed by atoms with E-state index in [0.29, 0.717) is 6.42 Å². The lowest BCUT2D eigenvalue weighted by Crippen LogP contribution is -2.37. The summed E-state index contributed by atoms with van der Waals surface area (Å²) >= 11 is 12.3. The lowest BCUT2D eigenvalue weighted by Gasteiger charge is -2.20. The van der Waals surface area contributed by atoms with Crippen LogP contribution < -0.4 is 10.5 Å². The van der Waals surface area contributed by atoms with Crippen molar-refractivity contribution in [3.05, 3.63) is 62.4 Å². The molecule has 3 aromatic rings. The van der Waals surface area contributed by atoms with Crippen molar-refractivity contribution in [2.24, 2.45) is 0 Å². The van der Waals surface area contributed by atoms with E-state index in [4.69, 9.17) is 32.8 Å². The van der Waals surface area contributed by atoms with Gasteiger partial charge in [-0.1, -0.05) is 30.1 Å². The molecule has 0 fully saturated rings. The number of benzene rings is 1. The summed E-state index contributed by atoms with van der Waals surface area (Å²) in [5, 5.41) is -0.00768. The van der Waals surface area contributed by atoms with Gasteiger partial charge in [0, 0.05) is 16.8 Å². The quantitative estimate of drug-likeness (QED) is 0.516. The van der Waals surface area contributed by atoms with Crippen LogP contribution >= 0.6 is 23.2 Å². The van der Waals surface area contributed by atoms with E-state index in [1.807, 2.05) is 0 Å². The number of aromatic nitrogens is 3. The molecule has 0 aliphatic heterocycles. The van der Waals surface area contributed by atoms with Crippen molar-refractivity contribution in [2.75, 3.05) is 0 Å². The fraction of sp³-hybridized carbons (Fsp3) is 0.350. The smallest absolute Gasteiger partial charge is 0.424 e. The first-order valence-electron chi connectivity index (χ1n) is 9.17. The van der Waals surface area contributed by atoms with Crippen molar-refractivity contribution >= 4 is 40.5 Å². The molecular weight excluding hydrogens is 436 g/mol. The number of hydrogen-bond donors (Lipinski definition) is 0. The van der Waals surface area contributed by atoms with Gasteiger partial charge in [0.25, 0.3) is 0 Å². The molecule has 1 aromatic carbocycles. The molecule has 0 radical (unpaired) electrons. The van der Waals surface area contributed by atoms with Crippen LogP contribution in [0.3, 0.4) is 0 Å². The minimum absolute atomic E-state index is 0.0584. The van der Waals surface area contributed by atoms with Gasteiger partial charge in [-0.3, -0.25) is 0 Å². The lowest BCUT2D eigenvalue weighted by molar-refractivity contribution is 0.0300. The molecule has 1 atom stereocenters. The van der Waals surface area contributed by atoms with Crippen LogP contribution in [-0.2, 0) is 4.74 Å². The first-order chi connectivity index (χ1) is 14.0. The van der Waals surface area contributed by atoms with E-state index in [0.717, 1.165) is 15.4 Å². The molecule has 0 spiro atoms. The van der Waals surface area contributed by atoms with Gasteiger partial charge >= 0.3 is 11.8 Å². The van der Waals surface area contributed by atoms with Gasteiger partial charge in [-0.25, -0.2) is 19.0 Å². The maximum Gasteiger partial charge on any atom is 0.424 e. The van der Waals surface area contributed by atoms with Crippen molar-refractivity contribution in [1.82, 2.24) is 14.3 Å². The number of hydrogen-bond acceptors (Lipinski definition) is 5. The normalized spacial score (nSPS) is 12.8. The summed E-state index contributed by atoms with van der Waals surface area (Å²) in [6, 6.07) is 5.65. The molecular formula is C20H20Cl2FN3O4. The van der Waals surface area contributed by atoms with E-state index in [-0.39, 0.29) is 26.8 Å². The van der Waals surface area contributed by atoms with E-state index in [1.54, 1.807) is 39.8 Å². The zero-order valence-corrected chi connectivity index (χ0v) is 18.3. The Morgan fingerprint density at radius 2 is 1.97 bits per heavy atom. The third-order valence-corrected chi connectivity index (χ3v) is 4.86. The van der Waals surface area contributed by atoms with Gasteiger partial charge in [-0.2, -0.15) is 4.57 Å². The summed E-state index contributed by atoms with van der Waals surface area (Å²) < 4.78 is 21.0. The van der Waals surface area contributed by atoms with Crippen LogP contribution in [0.4, 0.5) is 9.18 Å². The van der Waals surface area contributed by atoms with Gasteiger partial charge in [0.15, 0.2) is 11.8 Å². The highest BCUT2D eigenvalue weighted by Gasteiger charge is 2.28. The van der Waals surface area contributed by atoms with Gasteiger partial charge in [0.05, 0.1) is 5.02 Å². The summed E-state index contributed by atoms with van der Waals surface area (Å²) in [6.07, 6.45) is -0.0102. The van der Waals surface area contributed by atoms with Crippen LogP contribution in [0.1, 0.15) is 45.8 Å². The van der Waals surface area contributed by atoms with Crippen LogP contribution in [0.25, 0.3) is 11.2 Å². The maximum atomic E-state index is 14.0. The molecule has 0 amide bonds. The molecule has 3 rings (SSSR count). The Bertz CT molecular complexity index is 1170. The number of imidazole rings is 1. The second kappa shape index (κ2) is 8.28. The van der Waals surface area contributed by atoms with Gasteiger partial charge in [-0.05, 0) is 51.5 Å². The monoisotopic (exact) mass is 455 g/mol. The molecule has 1 unspecified atom stereocenters. The molecule has 0 saturated heterocycles. The van der Waals surface area contributed by atoms with Crippen molar-refractivity contribution in [1.29, 1.82) is 0 Å². The molecule has 2 aromatic heterocycles. The summed E-state index contributed by atoms with van der Waals surface area (Å²) in [6.45, 7) is 6.80. The van der Waals surface area contributed by atoms with Gasteiger partial charge in [-0.15, -0.1) is 4.73 Å². The Morgan fingerprint density at radius 3 is 2.60 bits per heavy atom. The van der Waals surface area contributed by atoms with Gasteiger partial charge in [0.2, 0.25) is 0 Å². The fourth-order valence-corrected chi connectivity index (χ4v) is 3.49. The van der Waals surface area contributed by atoms with Crippen LogP contribution in [0.5, 0.6) is 0 Å². The van der Waals surface area contributed by atoms with Crippen LogP contribution in [0, 0.1) is 5.82 Å². The summed E-state index contributed by atoms with van der Waals surface area (Å²) in [7, 11) is 0. The third-order valence-electron chi connectivity index (χ3n) is 4.14. The average molecular weight is 456 g/mol. The Kier molecular flexibility index (Phi) is 6.10. The Morgan fingerprint density at radius 1 is 1.27 bits per heavy atom. The zero-order chi connectivity index (χ0) is 22.2. The highest BCUT2D eigenvalue weighted by molar-refractivity contribution is 6.36. The molecule has 0 aliphatic rings. The number of carbonyl (C=O) groups is 1. The molecule has 0 bridgehead atoms. The minimum atomic E-state index is -0.895. The summed E-state index contributed by atoms with van der Waals surface area (Å²) in [5.74, 6) is -0.664. The molecule has 0 N–H and O–H groups in total. The summed E-state index contributed by atoms with van der Waals surface area (Å²) in [5.41, 5.74) is -1.15. The lowest BCUT2D eigenvalue weighted by atomic mass is 10.1. The largest absolute Gasteiger partial charge is 0.443 e. The molecule has 0 saturated carbocycles. The summed E-state index contributed by atoms with van der Waals surface area (Å²) in [4.78, 5) is 35.7. The van der Waals surface area contributed by atoms with E-state index in [1.165, 1.54) is 12.3 Å². The molecule has 30 heavy (non-hydrogen) atoms. The van der Waals surface area contributed by atoms with Crippen LogP contribution in [0.15, 0.2) is 35.3 Å². The molecule has 7 nitrogen and oxygen atoms in total.